The molecule has 0 radical (unpaired) electrons. The molecule has 0 spiro atoms. The van der Waals surface area contributed by atoms with Crippen LogP contribution in [0.15, 0.2) is 23.2 Å². The summed E-state index contributed by atoms with van der Waals surface area (Å²) < 4.78 is 32.5. The Morgan fingerprint density at radius 1 is 1.41 bits per heavy atom. The molecule has 0 aromatic heterocycles. The monoisotopic (exact) mass is 425 g/mol. The molecule has 1 aromatic rings. The van der Waals surface area contributed by atoms with Gasteiger partial charge in [-0.25, -0.2) is 8.78 Å². The van der Waals surface area contributed by atoms with Crippen LogP contribution in [0.4, 0.5) is 8.78 Å². The highest BCUT2D eigenvalue weighted by molar-refractivity contribution is 14.0. The summed E-state index contributed by atoms with van der Waals surface area (Å²) in [5.41, 5.74) is 0.162. The predicted octanol–water partition coefficient (Wildman–Crippen LogP) is 2.64. The number of hydrogen-bond donors (Lipinski definition) is 2. The van der Waals surface area contributed by atoms with Gasteiger partial charge in [-0.15, -0.1) is 24.0 Å². The first-order valence-corrected chi connectivity index (χ1v) is 6.99. The van der Waals surface area contributed by atoms with Crippen molar-refractivity contribution in [1.29, 1.82) is 0 Å². The number of halogens is 3. The van der Waals surface area contributed by atoms with Crippen LogP contribution in [-0.2, 0) is 4.74 Å². The maximum Gasteiger partial charge on any atom is 0.191 e. The van der Waals surface area contributed by atoms with Crippen LogP contribution in [0.5, 0.6) is 0 Å². The number of guanidine groups is 1. The number of rotatable bonds is 5. The topological polar surface area (TPSA) is 45.7 Å². The second kappa shape index (κ2) is 8.61. The van der Waals surface area contributed by atoms with Crippen molar-refractivity contribution < 1.29 is 13.5 Å². The molecule has 1 aliphatic rings. The summed E-state index contributed by atoms with van der Waals surface area (Å²) in [6, 6.07) is 4.07. The minimum Gasteiger partial charge on any atom is -0.383 e. The lowest BCUT2D eigenvalue weighted by Gasteiger charge is -2.17. The van der Waals surface area contributed by atoms with E-state index < -0.39 is 11.6 Å². The van der Waals surface area contributed by atoms with Crippen molar-refractivity contribution in [2.45, 2.75) is 31.3 Å². The van der Waals surface area contributed by atoms with Crippen LogP contribution in [0.1, 0.15) is 24.8 Å². The smallest absolute Gasteiger partial charge is 0.191 e. The van der Waals surface area contributed by atoms with Crippen LogP contribution in [0.3, 0.4) is 0 Å². The molecule has 0 aliphatic heterocycles. The summed E-state index contributed by atoms with van der Waals surface area (Å²) in [5, 5.41) is 6.35. The zero-order valence-electron chi connectivity index (χ0n) is 12.9. The molecule has 124 valence electrons. The third-order valence-corrected chi connectivity index (χ3v) is 3.51. The van der Waals surface area contributed by atoms with Gasteiger partial charge in [0.15, 0.2) is 5.96 Å². The Hall–Kier alpha value is -0.960. The van der Waals surface area contributed by atoms with Crippen LogP contribution in [0, 0.1) is 11.6 Å². The normalized spacial score (nSPS) is 21.8. The number of nitrogens with zero attached hydrogens (tertiary/aromatic N) is 1. The van der Waals surface area contributed by atoms with Crippen molar-refractivity contribution in [3.63, 3.8) is 0 Å². The number of methoxy groups -OCH3 is 1. The number of nitrogens with one attached hydrogen (secondary N) is 2. The summed E-state index contributed by atoms with van der Waals surface area (Å²) in [7, 11) is 3.29. The van der Waals surface area contributed by atoms with Gasteiger partial charge in [0.1, 0.15) is 11.6 Å². The number of aliphatic imine (C=N–C) groups is 1. The zero-order chi connectivity index (χ0) is 15.4. The van der Waals surface area contributed by atoms with Crippen LogP contribution in [-0.4, -0.2) is 38.8 Å². The van der Waals surface area contributed by atoms with Gasteiger partial charge in [-0.3, -0.25) is 4.99 Å². The van der Waals surface area contributed by atoms with Crippen molar-refractivity contribution in [3.05, 3.63) is 35.4 Å². The van der Waals surface area contributed by atoms with Gasteiger partial charge in [0.25, 0.3) is 0 Å². The maximum atomic E-state index is 13.7. The Balaban J connectivity index is 0.00000242. The fraction of sp³-hybridized carbons (Fsp3) is 0.533. The summed E-state index contributed by atoms with van der Waals surface area (Å²) in [5.74, 6) is -0.508. The number of hydrogen-bond acceptors (Lipinski definition) is 2. The van der Waals surface area contributed by atoms with Crippen LogP contribution in [0.2, 0.25) is 0 Å². The molecule has 0 heterocycles. The quantitative estimate of drug-likeness (QED) is 0.433. The third kappa shape index (κ3) is 4.77. The van der Waals surface area contributed by atoms with Crippen molar-refractivity contribution in [2.75, 3.05) is 20.8 Å². The standard InChI is InChI=1S/C15H21F2N3O.HI/c1-9(8-21-3)19-15(18-2)20-13-7-10(13)14-11(16)5-4-6-12(14)17;/h4-6,9-10,13H,7-8H2,1-3H3,(H2,18,19,20);1H. The summed E-state index contributed by atoms with van der Waals surface area (Å²) in [4.78, 5) is 4.11. The van der Waals surface area contributed by atoms with E-state index in [9.17, 15) is 8.78 Å². The molecule has 1 saturated carbocycles. The summed E-state index contributed by atoms with van der Waals surface area (Å²) in [6.07, 6.45) is 0.692. The Morgan fingerprint density at radius 3 is 2.59 bits per heavy atom. The lowest BCUT2D eigenvalue weighted by atomic mass is 10.1. The lowest BCUT2D eigenvalue weighted by Crippen LogP contribution is -2.45. The Labute approximate surface area is 146 Å². The van der Waals surface area contributed by atoms with E-state index >= 15 is 0 Å². The van der Waals surface area contributed by atoms with Gasteiger partial charge in [0, 0.05) is 37.7 Å². The van der Waals surface area contributed by atoms with E-state index in [1.807, 2.05) is 6.92 Å². The van der Waals surface area contributed by atoms with E-state index in [2.05, 4.69) is 15.6 Å². The molecule has 3 unspecified atom stereocenters. The van der Waals surface area contributed by atoms with Gasteiger partial charge in [0.2, 0.25) is 0 Å². The second-order valence-corrected chi connectivity index (χ2v) is 5.30. The van der Waals surface area contributed by atoms with Gasteiger partial charge in [-0.05, 0) is 25.5 Å². The number of ether oxygens (including phenoxy) is 1. The molecule has 22 heavy (non-hydrogen) atoms. The minimum atomic E-state index is -0.486. The highest BCUT2D eigenvalue weighted by Crippen LogP contribution is 2.42. The molecule has 7 heteroatoms. The molecule has 0 bridgehead atoms. The highest BCUT2D eigenvalue weighted by Gasteiger charge is 2.42. The molecule has 0 amide bonds. The van der Waals surface area contributed by atoms with Crippen LogP contribution >= 0.6 is 24.0 Å². The predicted molar refractivity (Wildman–Crippen MR) is 93.9 cm³/mol. The molecule has 2 rings (SSSR count). The average Bonchev–Trinajstić information content (AvgIpc) is 3.17. The largest absolute Gasteiger partial charge is 0.383 e. The van der Waals surface area contributed by atoms with Gasteiger partial charge in [0.05, 0.1) is 6.61 Å². The molecular weight excluding hydrogens is 403 g/mol. The molecule has 1 aliphatic carbocycles. The second-order valence-electron chi connectivity index (χ2n) is 5.30. The van der Waals surface area contributed by atoms with E-state index in [0.29, 0.717) is 19.0 Å². The molecular formula is C15H22F2IN3O. The van der Waals surface area contributed by atoms with Gasteiger partial charge in [-0.1, -0.05) is 6.07 Å². The minimum absolute atomic E-state index is 0. The van der Waals surface area contributed by atoms with Crippen LogP contribution in [0.25, 0.3) is 0 Å². The van der Waals surface area contributed by atoms with Crippen molar-refractivity contribution in [1.82, 2.24) is 10.6 Å². The Bertz CT molecular complexity index is 507. The van der Waals surface area contributed by atoms with Crippen LogP contribution < -0.4 is 10.6 Å². The average molecular weight is 425 g/mol. The Kier molecular flexibility index (Phi) is 7.47. The Morgan fingerprint density at radius 2 is 2.05 bits per heavy atom. The van der Waals surface area contributed by atoms with E-state index in [0.717, 1.165) is 0 Å². The molecule has 0 saturated heterocycles. The molecule has 1 aromatic carbocycles. The first-order chi connectivity index (χ1) is 10.1. The lowest BCUT2D eigenvalue weighted by molar-refractivity contribution is 0.179. The van der Waals surface area contributed by atoms with Gasteiger partial charge < -0.3 is 15.4 Å². The van der Waals surface area contributed by atoms with E-state index in [-0.39, 0.29) is 47.5 Å². The van der Waals surface area contributed by atoms with Crippen molar-refractivity contribution in [3.8, 4) is 0 Å². The molecule has 3 atom stereocenters. The van der Waals surface area contributed by atoms with Crippen molar-refractivity contribution >= 4 is 29.9 Å². The first-order valence-electron chi connectivity index (χ1n) is 6.99. The first kappa shape index (κ1) is 19.1. The van der Waals surface area contributed by atoms with E-state index in [1.54, 1.807) is 14.2 Å². The summed E-state index contributed by atoms with van der Waals surface area (Å²) >= 11 is 0. The SMILES string of the molecule is CN=C(NC(C)COC)NC1CC1c1c(F)cccc1F.I. The van der Waals surface area contributed by atoms with E-state index in [1.165, 1.54) is 18.2 Å². The summed E-state index contributed by atoms with van der Waals surface area (Å²) in [6.45, 7) is 2.52. The maximum absolute atomic E-state index is 13.7. The zero-order valence-corrected chi connectivity index (χ0v) is 15.2. The fourth-order valence-corrected chi connectivity index (χ4v) is 2.41. The molecule has 1 fully saturated rings. The third-order valence-electron chi connectivity index (χ3n) is 3.51. The number of benzene rings is 1. The molecule has 2 N–H and O–H groups in total. The van der Waals surface area contributed by atoms with Gasteiger partial charge >= 0.3 is 0 Å². The fourth-order valence-electron chi connectivity index (χ4n) is 2.41. The van der Waals surface area contributed by atoms with Gasteiger partial charge in [-0.2, -0.15) is 0 Å². The molecule has 4 nitrogen and oxygen atoms in total. The highest BCUT2D eigenvalue weighted by atomic mass is 127. The van der Waals surface area contributed by atoms with E-state index in [4.69, 9.17) is 4.74 Å². The van der Waals surface area contributed by atoms with Crippen molar-refractivity contribution in [2.24, 2.45) is 4.99 Å².